The van der Waals surface area contributed by atoms with E-state index in [1.54, 1.807) is 0 Å². The Hall–Kier alpha value is -2.63. The number of aryl methyl sites for hydroxylation is 1. The lowest BCUT2D eigenvalue weighted by molar-refractivity contribution is 0.261. The summed E-state index contributed by atoms with van der Waals surface area (Å²) in [6, 6.07) is 21.6. The molecule has 2 aliphatic heterocycles. The number of anilines is 2. The molecule has 34 heavy (non-hydrogen) atoms. The highest BCUT2D eigenvalue weighted by molar-refractivity contribution is 5.92. The summed E-state index contributed by atoms with van der Waals surface area (Å²) in [4.78, 5) is 12.5. The molecular formula is C29H37N5. The second kappa shape index (κ2) is 9.55. The van der Waals surface area contributed by atoms with E-state index in [4.69, 9.17) is 4.98 Å². The third-order valence-electron chi connectivity index (χ3n) is 8.17. The largest absolute Gasteiger partial charge is 0.368 e. The first-order valence-corrected chi connectivity index (χ1v) is 13.2. The number of hydrogen-bond acceptors (Lipinski definition) is 5. The van der Waals surface area contributed by atoms with Crippen molar-refractivity contribution in [1.82, 2.24) is 15.2 Å². The molecule has 2 saturated heterocycles. The maximum Gasteiger partial charge on any atom is 0.0726 e. The maximum absolute atomic E-state index is 4.72. The Labute approximate surface area is 203 Å². The molecule has 5 nitrogen and oxygen atoms in total. The Morgan fingerprint density at radius 1 is 0.941 bits per heavy atom. The zero-order valence-electron chi connectivity index (χ0n) is 20.4. The number of aromatic nitrogens is 1. The highest BCUT2D eigenvalue weighted by Crippen LogP contribution is 2.31. The second-order valence-corrected chi connectivity index (χ2v) is 10.3. The van der Waals surface area contributed by atoms with Crippen LogP contribution in [-0.2, 0) is 6.42 Å². The van der Waals surface area contributed by atoms with E-state index in [-0.39, 0.29) is 0 Å². The number of hydrogen-bond donors (Lipinski definition) is 1. The molecule has 3 heterocycles. The zero-order chi connectivity index (χ0) is 22.9. The van der Waals surface area contributed by atoms with Gasteiger partial charge in [-0.05, 0) is 68.1 Å². The van der Waals surface area contributed by atoms with Crippen molar-refractivity contribution >= 4 is 22.3 Å². The quantitative estimate of drug-likeness (QED) is 0.609. The minimum absolute atomic E-state index is 0.685. The summed E-state index contributed by atoms with van der Waals surface area (Å²) in [7, 11) is 0. The lowest BCUT2D eigenvalue weighted by Gasteiger charge is -2.36. The third-order valence-corrected chi connectivity index (χ3v) is 8.17. The van der Waals surface area contributed by atoms with Crippen LogP contribution in [0.4, 0.5) is 11.4 Å². The smallest absolute Gasteiger partial charge is 0.0726 e. The fraction of sp³-hybridized carbons (Fsp3) is 0.483. The topological polar surface area (TPSA) is 34.6 Å². The Bertz CT molecular complexity index is 1140. The van der Waals surface area contributed by atoms with Gasteiger partial charge >= 0.3 is 0 Å². The van der Waals surface area contributed by atoms with Gasteiger partial charge in [-0.3, -0.25) is 15.2 Å². The lowest BCUT2D eigenvalue weighted by Crippen LogP contribution is -2.47. The third kappa shape index (κ3) is 4.39. The molecule has 2 atom stereocenters. The van der Waals surface area contributed by atoms with Gasteiger partial charge < -0.3 is 9.80 Å². The summed E-state index contributed by atoms with van der Waals surface area (Å²) in [5, 5.41) is 5.02. The van der Waals surface area contributed by atoms with Crippen molar-refractivity contribution in [1.29, 1.82) is 0 Å². The predicted molar refractivity (Wildman–Crippen MR) is 142 cm³/mol. The van der Waals surface area contributed by atoms with Gasteiger partial charge in [0.1, 0.15) is 0 Å². The second-order valence-electron chi connectivity index (χ2n) is 10.3. The van der Waals surface area contributed by atoms with E-state index in [0.29, 0.717) is 12.1 Å². The highest BCUT2D eigenvalue weighted by Gasteiger charge is 2.35. The molecule has 0 radical (unpaired) electrons. The molecule has 2 aromatic carbocycles. The minimum Gasteiger partial charge on any atom is -0.368 e. The number of nitrogens with zero attached hydrogens (tertiary/aromatic N) is 4. The van der Waals surface area contributed by atoms with Crippen LogP contribution >= 0.6 is 0 Å². The molecule has 0 spiro atoms. The van der Waals surface area contributed by atoms with Crippen LogP contribution in [0.2, 0.25) is 0 Å². The predicted octanol–water partition coefficient (Wildman–Crippen LogP) is 4.59. The molecule has 3 fully saturated rings. The van der Waals surface area contributed by atoms with Crippen LogP contribution in [-0.4, -0.2) is 61.4 Å². The molecule has 0 amide bonds. The van der Waals surface area contributed by atoms with Crippen LogP contribution in [0.15, 0.2) is 54.6 Å². The molecule has 3 aromatic rings. The van der Waals surface area contributed by atoms with Gasteiger partial charge in [-0.2, -0.15) is 0 Å². The van der Waals surface area contributed by atoms with Crippen LogP contribution in [0, 0.1) is 6.92 Å². The molecule has 1 aromatic heterocycles. The number of fused-ring (bicyclic) bond motifs is 2. The SMILES string of the molecule is Cc1ccc2c(N3CCN(CCc4cccc(N5CNC6CCCCC65)c4)CC3)cccc2n1. The van der Waals surface area contributed by atoms with Crippen molar-refractivity contribution in [2.75, 3.05) is 49.2 Å². The molecule has 6 rings (SSSR count). The summed E-state index contributed by atoms with van der Waals surface area (Å²) in [5.74, 6) is 0. The Morgan fingerprint density at radius 3 is 2.71 bits per heavy atom. The lowest BCUT2D eigenvalue weighted by atomic mass is 9.91. The van der Waals surface area contributed by atoms with Gasteiger partial charge in [-0.25, -0.2) is 0 Å². The number of piperazine rings is 1. The summed E-state index contributed by atoms with van der Waals surface area (Å²) in [5.41, 5.74) is 6.39. The van der Waals surface area contributed by atoms with Crippen LogP contribution in [0.3, 0.4) is 0 Å². The number of rotatable bonds is 5. The molecule has 1 N–H and O–H groups in total. The van der Waals surface area contributed by atoms with Crippen LogP contribution in [0.5, 0.6) is 0 Å². The van der Waals surface area contributed by atoms with Crippen molar-refractivity contribution in [2.45, 2.75) is 51.1 Å². The molecule has 1 aliphatic carbocycles. The van der Waals surface area contributed by atoms with E-state index in [0.717, 1.165) is 57.0 Å². The van der Waals surface area contributed by atoms with Gasteiger partial charge in [0.05, 0.1) is 12.2 Å². The summed E-state index contributed by atoms with van der Waals surface area (Å²) >= 11 is 0. The molecule has 5 heteroatoms. The summed E-state index contributed by atoms with van der Waals surface area (Å²) in [6.45, 7) is 8.60. The minimum atomic E-state index is 0.685. The Balaban J connectivity index is 1.06. The standard InChI is InChI=1S/C29H37N5/c1-22-12-13-25-26(31-22)9-5-11-28(25)33-18-16-32(17-19-33)15-14-23-6-4-7-24(20-23)34-21-30-27-8-2-3-10-29(27)34/h4-7,9,11-13,20,27,29-30H,2-3,8,10,14-19,21H2,1H3. The van der Waals surface area contributed by atoms with Gasteiger partial charge in [0, 0.05) is 67.3 Å². The molecular weight excluding hydrogens is 418 g/mol. The van der Waals surface area contributed by atoms with Crippen molar-refractivity contribution in [3.63, 3.8) is 0 Å². The van der Waals surface area contributed by atoms with Gasteiger partial charge in [-0.1, -0.05) is 31.0 Å². The first kappa shape index (κ1) is 21.9. The average molecular weight is 456 g/mol. The Morgan fingerprint density at radius 2 is 1.79 bits per heavy atom. The molecule has 178 valence electrons. The van der Waals surface area contributed by atoms with E-state index in [2.05, 4.69) is 81.5 Å². The van der Waals surface area contributed by atoms with Gasteiger partial charge in [0.25, 0.3) is 0 Å². The van der Waals surface area contributed by atoms with Crippen LogP contribution in [0.25, 0.3) is 10.9 Å². The fourth-order valence-electron chi connectivity index (χ4n) is 6.24. The monoisotopic (exact) mass is 455 g/mol. The van der Waals surface area contributed by atoms with E-state index in [1.807, 2.05) is 0 Å². The number of benzene rings is 2. The van der Waals surface area contributed by atoms with Crippen molar-refractivity contribution < 1.29 is 0 Å². The van der Waals surface area contributed by atoms with Gasteiger partial charge in [-0.15, -0.1) is 0 Å². The first-order valence-electron chi connectivity index (χ1n) is 13.2. The van der Waals surface area contributed by atoms with Crippen molar-refractivity contribution in [3.05, 3.63) is 65.9 Å². The van der Waals surface area contributed by atoms with E-state index >= 15 is 0 Å². The fourth-order valence-corrected chi connectivity index (χ4v) is 6.24. The van der Waals surface area contributed by atoms with Gasteiger partial charge in [0.15, 0.2) is 0 Å². The number of nitrogens with one attached hydrogen (secondary N) is 1. The summed E-state index contributed by atoms with van der Waals surface area (Å²) in [6.07, 6.45) is 6.55. The van der Waals surface area contributed by atoms with E-state index in [9.17, 15) is 0 Å². The van der Waals surface area contributed by atoms with E-state index in [1.165, 1.54) is 48.0 Å². The molecule has 3 aliphatic rings. The molecule has 1 saturated carbocycles. The van der Waals surface area contributed by atoms with Crippen molar-refractivity contribution in [3.8, 4) is 0 Å². The number of pyridine rings is 1. The average Bonchev–Trinajstić information content (AvgIpc) is 3.32. The van der Waals surface area contributed by atoms with Crippen molar-refractivity contribution in [2.24, 2.45) is 0 Å². The first-order chi connectivity index (χ1) is 16.7. The summed E-state index contributed by atoms with van der Waals surface area (Å²) < 4.78 is 0. The molecule has 0 bridgehead atoms. The highest BCUT2D eigenvalue weighted by atomic mass is 15.3. The molecule has 2 unspecified atom stereocenters. The zero-order valence-corrected chi connectivity index (χ0v) is 20.4. The Kier molecular flexibility index (Phi) is 6.15. The van der Waals surface area contributed by atoms with Gasteiger partial charge in [0.2, 0.25) is 0 Å². The van der Waals surface area contributed by atoms with Crippen LogP contribution in [0.1, 0.15) is 36.9 Å². The normalized spacial score (nSPS) is 23.4. The van der Waals surface area contributed by atoms with E-state index < -0.39 is 0 Å². The maximum atomic E-state index is 4.72. The van der Waals surface area contributed by atoms with Crippen LogP contribution < -0.4 is 15.1 Å².